The second-order valence-corrected chi connectivity index (χ2v) is 10.9. The van der Waals surface area contributed by atoms with Gasteiger partial charge in [-0.25, -0.2) is 4.98 Å². The second kappa shape index (κ2) is 9.75. The minimum Gasteiger partial charge on any atom is -0.456 e. The first-order valence-electron chi connectivity index (χ1n) is 14.6. The van der Waals surface area contributed by atoms with Gasteiger partial charge in [-0.1, -0.05) is 115 Å². The second-order valence-electron chi connectivity index (χ2n) is 10.9. The largest absolute Gasteiger partial charge is 0.456 e. The van der Waals surface area contributed by atoms with Crippen molar-refractivity contribution in [1.29, 1.82) is 0 Å². The summed E-state index contributed by atoms with van der Waals surface area (Å²) in [5, 5.41) is 4.32. The van der Waals surface area contributed by atoms with E-state index in [1.165, 1.54) is 0 Å². The van der Waals surface area contributed by atoms with Crippen molar-refractivity contribution in [3.63, 3.8) is 0 Å². The van der Waals surface area contributed by atoms with Gasteiger partial charge in [0, 0.05) is 32.7 Å². The van der Waals surface area contributed by atoms with Crippen molar-refractivity contribution in [2.45, 2.75) is 0 Å². The summed E-state index contributed by atoms with van der Waals surface area (Å²) in [4.78, 5) is 15.3. The van der Waals surface area contributed by atoms with Crippen LogP contribution in [0.15, 0.2) is 150 Å². The van der Waals surface area contributed by atoms with Crippen LogP contribution in [0.25, 0.3) is 83.6 Å². The minimum atomic E-state index is 0.572. The molecule has 0 aliphatic rings. The first-order valence-corrected chi connectivity index (χ1v) is 14.6. The van der Waals surface area contributed by atoms with Gasteiger partial charge in [0.05, 0.1) is 11.0 Å². The normalized spacial score (nSPS) is 11.6. The molecule has 0 unspecified atom stereocenters. The maximum absolute atomic E-state index is 6.43. The van der Waals surface area contributed by atoms with E-state index in [2.05, 4.69) is 102 Å². The van der Waals surface area contributed by atoms with E-state index >= 15 is 0 Å². The van der Waals surface area contributed by atoms with Crippen molar-refractivity contribution < 1.29 is 4.42 Å². The summed E-state index contributed by atoms with van der Waals surface area (Å²) in [6.45, 7) is 0. The zero-order chi connectivity index (χ0) is 29.0. The number of furan rings is 1. The Morgan fingerprint density at radius 3 is 1.80 bits per heavy atom. The van der Waals surface area contributed by atoms with Gasteiger partial charge in [-0.3, -0.25) is 4.57 Å². The van der Waals surface area contributed by atoms with Gasteiger partial charge in [-0.15, -0.1) is 0 Å². The third kappa shape index (κ3) is 3.83. The highest BCUT2D eigenvalue weighted by Gasteiger charge is 2.20. The first-order chi connectivity index (χ1) is 21.8. The monoisotopic (exact) mass is 564 g/mol. The van der Waals surface area contributed by atoms with E-state index in [4.69, 9.17) is 19.4 Å². The topological polar surface area (TPSA) is 56.7 Å². The summed E-state index contributed by atoms with van der Waals surface area (Å²) >= 11 is 0. The molecule has 0 aliphatic carbocycles. The Labute approximate surface area is 252 Å². The summed E-state index contributed by atoms with van der Waals surface area (Å²) in [6, 6.07) is 49.7. The third-order valence-corrected chi connectivity index (χ3v) is 8.28. The molecule has 0 spiro atoms. The summed E-state index contributed by atoms with van der Waals surface area (Å²) < 4.78 is 8.57. The number of aromatic nitrogens is 4. The molecule has 0 N–H and O–H groups in total. The quantitative estimate of drug-likeness (QED) is 0.213. The molecule has 0 saturated heterocycles. The average Bonchev–Trinajstić information content (AvgIpc) is 3.64. The van der Waals surface area contributed by atoms with Gasteiger partial charge >= 0.3 is 0 Å². The van der Waals surface area contributed by atoms with Crippen LogP contribution in [-0.4, -0.2) is 19.5 Å². The van der Waals surface area contributed by atoms with Gasteiger partial charge in [0.25, 0.3) is 0 Å². The van der Waals surface area contributed by atoms with Crippen LogP contribution in [0, 0.1) is 0 Å². The van der Waals surface area contributed by atoms with Crippen LogP contribution < -0.4 is 0 Å². The van der Waals surface area contributed by atoms with Gasteiger partial charge in [0.2, 0.25) is 5.95 Å². The molecule has 5 nitrogen and oxygen atoms in total. The lowest BCUT2D eigenvalue weighted by molar-refractivity contribution is 0.669. The van der Waals surface area contributed by atoms with E-state index in [1.807, 2.05) is 48.5 Å². The van der Waals surface area contributed by atoms with Crippen LogP contribution in [0.4, 0.5) is 0 Å². The molecule has 0 atom stereocenters. The number of hydrogen-bond donors (Lipinski definition) is 0. The van der Waals surface area contributed by atoms with E-state index in [1.54, 1.807) is 0 Å². The Hall–Kier alpha value is -6.07. The third-order valence-electron chi connectivity index (χ3n) is 8.28. The Kier molecular flexibility index (Phi) is 5.43. The number of rotatable bonds is 4. The molecular weight excluding hydrogens is 540 g/mol. The van der Waals surface area contributed by atoms with E-state index in [0.717, 1.165) is 66.0 Å². The van der Waals surface area contributed by atoms with Crippen molar-refractivity contribution in [3.05, 3.63) is 146 Å². The number of para-hydroxylation sites is 2. The van der Waals surface area contributed by atoms with E-state index in [-0.39, 0.29) is 0 Å². The number of fused-ring (bicyclic) bond motifs is 6. The Bertz CT molecular complexity index is 2440. The fourth-order valence-corrected chi connectivity index (χ4v) is 6.26. The van der Waals surface area contributed by atoms with Crippen molar-refractivity contribution >= 4 is 43.7 Å². The van der Waals surface area contributed by atoms with Crippen LogP contribution in [0.3, 0.4) is 0 Å². The molecule has 3 heterocycles. The lowest BCUT2D eigenvalue weighted by atomic mass is 10.0. The Morgan fingerprint density at radius 1 is 0.432 bits per heavy atom. The molecule has 0 saturated carbocycles. The predicted octanol–water partition coefficient (Wildman–Crippen LogP) is 9.87. The van der Waals surface area contributed by atoms with Crippen LogP contribution in [-0.2, 0) is 0 Å². The molecule has 206 valence electrons. The molecular formula is C39H24N4O. The van der Waals surface area contributed by atoms with Crippen molar-refractivity contribution in [1.82, 2.24) is 19.5 Å². The van der Waals surface area contributed by atoms with Gasteiger partial charge in [0.1, 0.15) is 11.2 Å². The molecule has 9 aromatic rings. The predicted molar refractivity (Wildman–Crippen MR) is 178 cm³/mol. The highest BCUT2D eigenvalue weighted by atomic mass is 16.3. The molecule has 0 bridgehead atoms. The fourth-order valence-electron chi connectivity index (χ4n) is 6.26. The fraction of sp³-hybridized carbons (Fsp3) is 0. The average molecular weight is 565 g/mol. The minimum absolute atomic E-state index is 0.572. The zero-order valence-corrected chi connectivity index (χ0v) is 23.6. The molecule has 9 rings (SSSR count). The Morgan fingerprint density at radius 2 is 1.07 bits per heavy atom. The summed E-state index contributed by atoms with van der Waals surface area (Å²) in [6.07, 6.45) is 0. The molecule has 5 heteroatoms. The molecule has 6 aromatic carbocycles. The summed E-state index contributed by atoms with van der Waals surface area (Å²) in [5.41, 5.74) is 7.80. The van der Waals surface area contributed by atoms with Gasteiger partial charge in [0.15, 0.2) is 11.6 Å². The summed E-state index contributed by atoms with van der Waals surface area (Å²) in [5.74, 6) is 1.78. The molecule has 0 fully saturated rings. The smallest absolute Gasteiger partial charge is 0.238 e. The maximum atomic E-state index is 6.43. The van der Waals surface area contributed by atoms with Crippen LogP contribution >= 0.6 is 0 Å². The standard InChI is InChI=1S/C39H24N4O/c1-3-12-25(13-4-1)27-22-23-30-35(24-27)44-34-21-11-18-31(36(30)34)38-40-37(26-14-5-2-6-15-26)41-39(42-38)43-32-19-9-7-16-28(32)29-17-8-10-20-33(29)43/h1-24H. The number of hydrogen-bond acceptors (Lipinski definition) is 4. The van der Waals surface area contributed by atoms with Crippen molar-refractivity contribution in [3.8, 4) is 39.9 Å². The van der Waals surface area contributed by atoms with Crippen LogP contribution in [0.5, 0.6) is 0 Å². The lowest BCUT2D eigenvalue weighted by Gasteiger charge is -2.11. The first kappa shape index (κ1) is 24.5. The van der Waals surface area contributed by atoms with E-state index in [9.17, 15) is 0 Å². The number of benzene rings is 6. The van der Waals surface area contributed by atoms with Gasteiger partial charge in [-0.05, 0) is 41.5 Å². The molecule has 44 heavy (non-hydrogen) atoms. The highest BCUT2D eigenvalue weighted by molar-refractivity contribution is 6.12. The highest BCUT2D eigenvalue weighted by Crippen LogP contribution is 2.38. The summed E-state index contributed by atoms with van der Waals surface area (Å²) in [7, 11) is 0. The Balaban J connectivity index is 1.32. The van der Waals surface area contributed by atoms with E-state index in [0.29, 0.717) is 17.6 Å². The molecule has 3 aromatic heterocycles. The zero-order valence-electron chi connectivity index (χ0n) is 23.6. The lowest BCUT2D eigenvalue weighted by Crippen LogP contribution is -2.06. The van der Waals surface area contributed by atoms with Gasteiger partial charge < -0.3 is 4.42 Å². The van der Waals surface area contributed by atoms with E-state index < -0.39 is 0 Å². The molecule has 0 aliphatic heterocycles. The SMILES string of the molecule is c1ccc(-c2ccc3c(c2)oc2cccc(-c4nc(-c5ccccc5)nc(-n5c6ccccc6c6ccccc65)n4)c23)cc1. The maximum Gasteiger partial charge on any atom is 0.238 e. The van der Waals surface area contributed by atoms with Gasteiger partial charge in [-0.2, -0.15) is 9.97 Å². The number of nitrogens with zero attached hydrogens (tertiary/aromatic N) is 4. The van der Waals surface area contributed by atoms with Crippen molar-refractivity contribution in [2.24, 2.45) is 0 Å². The molecule has 0 amide bonds. The van der Waals surface area contributed by atoms with Crippen LogP contribution in [0.1, 0.15) is 0 Å². The van der Waals surface area contributed by atoms with Crippen LogP contribution in [0.2, 0.25) is 0 Å². The van der Waals surface area contributed by atoms with Crippen molar-refractivity contribution in [2.75, 3.05) is 0 Å². The molecule has 0 radical (unpaired) electrons.